The molecule has 0 saturated heterocycles. The lowest BCUT2D eigenvalue weighted by atomic mass is 9.88. The van der Waals surface area contributed by atoms with Crippen LogP contribution in [0.2, 0.25) is 0 Å². The van der Waals surface area contributed by atoms with E-state index in [0.717, 1.165) is 18.2 Å². The third kappa shape index (κ3) is 2.45. The second-order valence-corrected chi connectivity index (χ2v) is 6.19. The molecule has 0 aromatic carbocycles. The molecule has 3 atom stereocenters. The van der Waals surface area contributed by atoms with Gasteiger partial charge in [-0.25, -0.2) is 0 Å². The number of aromatic amines is 1. The molecule has 2 N–H and O–H groups in total. The number of hydrogen-bond donors (Lipinski definition) is 2. The average molecular weight is 280 g/mol. The van der Waals surface area contributed by atoms with E-state index in [1.165, 1.54) is 19.3 Å². The second-order valence-electron chi connectivity index (χ2n) is 5.80. The van der Waals surface area contributed by atoms with Crippen molar-refractivity contribution in [2.75, 3.05) is 6.54 Å². The minimum atomic E-state index is 0.236. The van der Waals surface area contributed by atoms with Crippen molar-refractivity contribution in [1.29, 1.82) is 0 Å². The molecular formula is C13H20N4OS. The minimum absolute atomic E-state index is 0.236. The van der Waals surface area contributed by atoms with Gasteiger partial charge in [0.15, 0.2) is 4.77 Å². The van der Waals surface area contributed by atoms with Gasteiger partial charge in [0.25, 0.3) is 0 Å². The van der Waals surface area contributed by atoms with Gasteiger partial charge in [-0.15, -0.1) is 0 Å². The summed E-state index contributed by atoms with van der Waals surface area (Å²) < 4.78 is 2.53. The van der Waals surface area contributed by atoms with Crippen LogP contribution >= 0.6 is 12.2 Å². The van der Waals surface area contributed by atoms with Crippen LogP contribution in [0.5, 0.6) is 0 Å². The Morgan fingerprint density at radius 2 is 2.37 bits per heavy atom. The van der Waals surface area contributed by atoms with E-state index in [1.54, 1.807) is 0 Å². The van der Waals surface area contributed by atoms with E-state index in [2.05, 4.69) is 15.5 Å². The topological polar surface area (TPSA) is 62.7 Å². The lowest BCUT2D eigenvalue weighted by molar-refractivity contribution is -0.126. The van der Waals surface area contributed by atoms with Crippen LogP contribution in [0.3, 0.4) is 0 Å². The highest BCUT2D eigenvalue weighted by atomic mass is 32.1. The molecule has 0 aliphatic heterocycles. The lowest BCUT2D eigenvalue weighted by Gasteiger charge is -2.20. The molecule has 2 aliphatic carbocycles. The largest absolute Gasteiger partial charge is 0.354 e. The number of aromatic nitrogens is 3. The molecule has 2 fully saturated rings. The number of H-pyrrole nitrogens is 1. The fourth-order valence-electron chi connectivity index (χ4n) is 3.65. The predicted octanol–water partition coefficient (Wildman–Crippen LogP) is 1.80. The molecule has 2 aliphatic rings. The number of carbonyl (C=O) groups is 1. The smallest absolute Gasteiger partial charge is 0.223 e. The van der Waals surface area contributed by atoms with Crippen LogP contribution in [0, 0.1) is 29.4 Å². The lowest BCUT2D eigenvalue weighted by Crippen LogP contribution is -2.35. The van der Waals surface area contributed by atoms with Crippen molar-refractivity contribution in [3.8, 4) is 0 Å². The number of aryl methyl sites for hydroxylation is 1. The Bertz CT molecular complexity index is 535. The molecule has 19 heavy (non-hydrogen) atoms. The summed E-state index contributed by atoms with van der Waals surface area (Å²) in [5.41, 5.74) is 0. The van der Waals surface area contributed by atoms with Crippen molar-refractivity contribution in [2.45, 2.75) is 39.2 Å². The molecule has 5 nitrogen and oxygen atoms in total. The van der Waals surface area contributed by atoms with Gasteiger partial charge in [-0.3, -0.25) is 9.89 Å². The van der Waals surface area contributed by atoms with Crippen LogP contribution in [0.25, 0.3) is 0 Å². The second kappa shape index (κ2) is 5.07. The summed E-state index contributed by atoms with van der Waals surface area (Å²) >= 11 is 5.13. The van der Waals surface area contributed by atoms with Crippen LogP contribution < -0.4 is 5.32 Å². The van der Waals surface area contributed by atoms with Gasteiger partial charge < -0.3 is 9.88 Å². The first kappa shape index (κ1) is 12.8. The average Bonchev–Trinajstić information content (AvgIpc) is 3.09. The zero-order valence-electron chi connectivity index (χ0n) is 11.2. The van der Waals surface area contributed by atoms with Gasteiger partial charge in [0.05, 0.1) is 0 Å². The monoisotopic (exact) mass is 280 g/mol. The van der Waals surface area contributed by atoms with E-state index in [1.807, 2.05) is 11.5 Å². The molecule has 0 spiro atoms. The minimum Gasteiger partial charge on any atom is -0.354 e. The van der Waals surface area contributed by atoms with Crippen molar-refractivity contribution in [2.24, 2.45) is 17.8 Å². The maximum absolute atomic E-state index is 12.2. The predicted molar refractivity (Wildman–Crippen MR) is 74.1 cm³/mol. The maximum atomic E-state index is 12.2. The standard InChI is InChI=1S/C13H20N4OS/c1-8-15-16-13(19)17(8)5-4-14-12(18)11-7-9-2-3-10(11)6-9/h9-11H,2-7H2,1H3,(H,14,18)(H,16,19). The van der Waals surface area contributed by atoms with Gasteiger partial charge in [0, 0.05) is 19.0 Å². The summed E-state index contributed by atoms with van der Waals surface area (Å²) in [4.78, 5) is 12.2. The van der Waals surface area contributed by atoms with Crippen molar-refractivity contribution in [3.63, 3.8) is 0 Å². The highest BCUT2D eigenvalue weighted by Gasteiger charge is 2.42. The number of nitrogens with zero attached hydrogens (tertiary/aromatic N) is 2. The van der Waals surface area contributed by atoms with E-state index >= 15 is 0 Å². The fourth-order valence-corrected chi connectivity index (χ4v) is 3.92. The number of rotatable bonds is 4. The SMILES string of the molecule is Cc1n[nH]c(=S)n1CCNC(=O)C1CC2CCC1C2. The van der Waals surface area contributed by atoms with Crippen molar-refractivity contribution in [3.05, 3.63) is 10.6 Å². The van der Waals surface area contributed by atoms with E-state index in [0.29, 0.717) is 23.8 Å². The number of amides is 1. The van der Waals surface area contributed by atoms with E-state index < -0.39 is 0 Å². The third-order valence-corrected chi connectivity index (χ3v) is 4.97. The first-order valence-electron chi connectivity index (χ1n) is 7.04. The Hall–Kier alpha value is -1.17. The first-order valence-corrected chi connectivity index (χ1v) is 7.45. The normalized spacial score (nSPS) is 28.8. The van der Waals surface area contributed by atoms with Crippen molar-refractivity contribution < 1.29 is 4.79 Å². The van der Waals surface area contributed by atoms with Crippen LogP contribution in [-0.2, 0) is 11.3 Å². The third-order valence-electron chi connectivity index (χ3n) is 4.66. The van der Waals surface area contributed by atoms with Gasteiger partial charge in [0.1, 0.15) is 5.82 Å². The molecule has 6 heteroatoms. The van der Waals surface area contributed by atoms with E-state index in [-0.39, 0.29) is 11.8 Å². The van der Waals surface area contributed by atoms with Gasteiger partial charge in [-0.2, -0.15) is 5.10 Å². The van der Waals surface area contributed by atoms with E-state index in [4.69, 9.17) is 12.2 Å². The van der Waals surface area contributed by atoms with E-state index in [9.17, 15) is 4.79 Å². The van der Waals surface area contributed by atoms with Crippen molar-refractivity contribution in [1.82, 2.24) is 20.1 Å². The molecule has 1 amide bonds. The summed E-state index contributed by atoms with van der Waals surface area (Å²) in [5.74, 6) is 2.81. The Morgan fingerprint density at radius 3 is 2.95 bits per heavy atom. The zero-order valence-corrected chi connectivity index (χ0v) is 12.0. The molecule has 2 bridgehead atoms. The first-order chi connectivity index (χ1) is 9.15. The Balaban J connectivity index is 1.50. The number of nitrogens with one attached hydrogen (secondary N) is 2. The highest BCUT2D eigenvalue weighted by molar-refractivity contribution is 7.71. The summed E-state index contributed by atoms with van der Waals surface area (Å²) in [6, 6.07) is 0. The summed E-state index contributed by atoms with van der Waals surface area (Å²) in [5, 5.41) is 9.87. The fraction of sp³-hybridized carbons (Fsp3) is 0.769. The Labute approximate surface area is 117 Å². The van der Waals surface area contributed by atoms with Crippen LogP contribution in [0.15, 0.2) is 0 Å². The van der Waals surface area contributed by atoms with Gasteiger partial charge in [0.2, 0.25) is 5.91 Å². The highest BCUT2D eigenvalue weighted by Crippen LogP contribution is 2.48. The summed E-state index contributed by atoms with van der Waals surface area (Å²) in [6.07, 6.45) is 4.94. The van der Waals surface area contributed by atoms with Crippen LogP contribution in [0.1, 0.15) is 31.5 Å². The number of hydrogen-bond acceptors (Lipinski definition) is 3. The molecule has 3 rings (SSSR count). The summed E-state index contributed by atoms with van der Waals surface area (Å²) in [7, 11) is 0. The van der Waals surface area contributed by atoms with Gasteiger partial charge in [-0.05, 0) is 50.2 Å². The molecule has 1 aromatic rings. The quantitative estimate of drug-likeness (QED) is 0.827. The van der Waals surface area contributed by atoms with Crippen LogP contribution in [-0.4, -0.2) is 27.2 Å². The van der Waals surface area contributed by atoms with Gasteiger partial charge in [-0.1, -0.05) is 6.42 Å². The van der Waals surface area contributed by atoms with Crippen molar-refractivity contribution >= 4 is 18.1 Å². The zero-order chi connectivity index (χ0) is 13.4. The maximum Gasteiger partial charge on any atom is 0.223 e. The molecule has 1 aromatic heterocycles. The molecule has 3 unspecified atom stereocenters. The molecule has 2 saturated carbocycles. The molecular weight excluding hydrogens is 260 g/mol. The molecule has 0 radical (unpaired) electrons. The molecule has 1 heterocycles. The van der Waals surface area contributed by atoms with Crippen LogP contribution in [0.4, 0.5) is 0 Å². The summed E-state index contributed by atoms with van der Waals surface area (Å²) in [6.45, 7) is 3.22. The van der Waals surface area contributed by atoms with Gasteiger partial charge >= 0.3 is 0 Å². The number of fused-ring (bicyclic) bond motifs is 2. The molecule has 104 valence electrons. The Morgan fingerprint density at radius 1 is 1.53 bits per heavy atom. The number of carbonyl (C=O) groups excluding carboxylic acids is 1. The Kier molecular flexibility index (Phi) is 3.43.